The van der Waals surface area contributed by atoms with Gasteiger partial charge in [0.15, 0.2) is 0 Å². The molecule has 110 valence electrons. The van der Waals surface area contributed by atoms with Crippen LogP contribution in [0.15, 0.2) is 36.4 Å². The highest BCUT2D eigenvalue weighted by Gasteiger charge is 2.14. The molecule has 0 saturated heterocycles. The van der Waals surface area contributed by atoms with Crippen LogP contribution in [0.1, 0.15) is 11.1 Å². The van der Waals surface area contributed by atoms with Crippen LogP contribution in [0.4, 0.5) is 10.1 Å². The first kappa shape index (κ1) is 15.2. The number of benzene rings is 2. The van der Waals surface area contributed by atoms with E-state index in [1.165, 1.54) is 6.07 Å². The Morgan fingerprint density at radius 3 is 2.67 bits per heavy atom. The van der Waals surface area contributed by atoms with E-state index in [9.17, 15) is 14.5 Å². The van der Waals surface area contributed by atoms with Gasteiger partial charge in [0.1, 0.15) is 12.4 Å². The summed E-state index contributed by atoms with van der Waals surface area (Å²) in [7, 11) is 0. The fraction of sp³-hybridized carbons (Fsp3) is 0.143. The molecule has 0 fully saturated rings. The van der Waals surface area contributed by atoms with Crippen molar-refractivity contribution in [2.75, 3.05) is 0 Å². The summed E-state index contributed by atoms with van der Waals surface area (Å²) in [6, 6.07) is 8.65. The standard InChI is InChI=1S/C14H12ClFN2O3/c15-11-2-4-14(10(6-11)7-17)21-8-9-1-3-13(18(19)20)12(16)5-9/h1-6H,7-8,17H2. The number of rotatable bonds is 5. The molecular weight excluding hydrogens is 299 g/mol. The van der Waals surface area contributed by atoms with Gasteiger partial charge >= 0.3 is 5.69 Å². The summed E-state index contributed by atoms with van der Waals surface area (Å²) < 4.78 is 19.0. The van der Waals surface area contributed by atoms with Crippen molar-refractivity contribution in [3.63, 3.8) is 0 Å². The Balaban J connectivity index is 2.13. The molecule has 0 aromatic heterocycles. The van der Waals surface area contributed by atoms with Gasteiger partial charge in [0.2, 0.25) is 5.82 Å². The van der Waals surface area contributed by atoms with Crippen LogP contribution >= 0.6 is 11.6 Å². The molecule has 0 spiro atoms. The minimum atomic E-state index is -0.892. The van der Waals surface area contributed by atoms with Crippen molar-refractivity contribution in [3.8, 4) is 5.75 Å². The second kappa shape index (κ2) is 6.51. The number of hydrogen-bond acceptors (Lipinski definition) is 4. The Kier molecular flexibility index (Phi) is 4.72. The van der Waals surface area contributed by atoms with Crippen LogP contribution in [0.25, 0.3) is 0 Å². The van der Waals surface area contributed by atoms with E-state index in [0.29, 0.717) is 16.3 Å². The van der Waals surface area contributed by atoms with Crippen LogP contribution in [0, 0.1) is 15.9 Å². The van der Waals surface area contributed by atoms with E-state index in [-0.39, 0.29) is 13.2 Å². The first-order valence-corrected chi connectivity index (χ1v) is 6.43. The average Bonchev–Trinajstić information content (AvgIpc) is 2.45. The first-order valence-electron chi connectivity index (χ1n) is 6.05. The predicted octanol–water partition coefficient (Wildman–Crippen LogP) is 3.43. The molecule has 0 aliphatic rings. The first-order chi connectivity index (χ1) is 10.0. The van der Waals surface area contributed by atoms with Crippen molar-refractivity contribution >= 4 is 17.3 Å². The summed E-state index contributed by atoms with van der Waals surface area (Å²) in [4.78, 5) is 9.76. The highest BCUT2D eigenvalue weighted by molar-refractivity contribution is 6.30. The number of hydrogen-bond donors (Lipinski definition) is 1. The molecule has 0 bridgehead atoms. The Morgan fingerprint density at radius 2 is 2.05 bits per heavy atom. The Hall–Kier alpha value is -2.18. The van der Waals surface area contributed by atoms with Gasteiger partial charge < -0.3 is 10.5 Å². The molecule has 0 unspecified atom stereocenters. The van der Waals surface area contributed by atoms with Gasteiger partial charge in [0, 0.05) is 23.2 Å². The van der Waals surface area contributed by atoms with Crippen molar-refractivity contribution in [2.45, 2.75) is 13.2 Å². The van der Waals surface area contributed by atoms with E-state index < -0.39 is 16.4 Å². The Labute approximate surface area is 125 Å². The zero-order chi connectivity index (χ0) is 15.4. The molecule has 21 heavy (non-hydrogen) atoms. The van der Waals surface area contributed by atoms with Crippen LogP contribution in [-0.2, 0) is 13.2 Å². The third-order valence-electron chi connectivity index (χ3n) is 2.85. The van der Waals surface area contributed by atoms with Gasteiger partial charge in [0.25, 0.3) is 0 Å². The third kappa shape index (κ3) is 3.68. The van der Waals surface area contributed by atoms with Gasteiger partial charge in [-0.1, -0.05) is 11.6 Å². The van der Waals surface area contributed by atoms with E-state index in [0.717, 1.165) is 17.7 Å². The molecule has 0 saturated carbocycles. The molecule has 0 radical (unpaired) electrons. The van der Waals surface area contributed by atoms with Crippen LogP contribution in [0.3, 0.4) is 0 Å². The molecule has 2 aromatic carbocycles. The zero-order valence-electron chi connectivity index (χ0n) is 10.9. The summed E-state index contributed by atoms with van der Waals surface area (Å²) in [5, 5.41) is 11.1. The normalized spacial score (nSPS) is 10.4. The highest BCUT2D eigenvalue weighted by Crippen LogP contribution is 2.24. The summed E-state index contributed by atoms with van der Waals surface area (Å²) in [5.41, 5.74) is 6.24. The van der Waals surface area contributed by atoms with Crippen molar-refractivity contribution < 1.29 is 14.1 Å². The molecule has 0 amide bonds. The molecule has 2 aromatic rings. The number of nitro benzene ring substituents is 1. The second-order valence-corrected chi connectivity index (χ2v) is 4.72. The van der Waals surface area contributed by atoms with E-state index >= 15 is 0 Å². The SMILES string of the molecule is NCc1cc(Cl)ccc1OCc1ccc([N+](=O)[O-])c(F)c1. The van der Waals surface area contributed by atoms with Crippen LogP contribution in [-0.4, -0.2) is 4.92 Å². The number of ether oxygens (including phenoxy) is 1. The third-order valence-corrected chi connectivity index (χ3v) is 3.08. The summed E-state index contributed by atoms with van der Waals surface area (Å²) in [6.07, 6.45) is 0. The van der Waals surface area contributed by atoms with Gasteiger partial charge in [0.05, 0.1) is 4.92 Å². The van der Waals surface area contributed by atoms with Gasteiger partial charge in [-0.3, -0.25) is 10.1 Å². The van der Waals surface area contributed by atoms with Gasteiger partial charge in [-0.15, -0.1) is 0 Å². The molecule has 0 atom stereocenters. The lowest BCUT2D eigenvalue weighted by molar-refractivity contribution is -0.387. The highest BCUT2D eigenvalue weighted by atomic mass is 35.5. The topological polar surface area (TPSA) is 78.4 Å². The van der Waals surface area contributed by atoms with E-state index in [1.54, 1.807) is 18.2 Å². The lowest BCUT2D eigenvalue weighted by Gasteiger charge is -2.11. The lowest BCUT2D eigenvalue weighted by Crippen LogP contribution is -2.03. The van der Waals surface area contributed by atoms with Crippen molar-refractivity contribution in [2.24, 2.45) is 5.73 Å². The van der Waals surface area contributed by atoms with E-state index in [4.69, 9.17) is 22.1 Å². The molecule has 0 heterocycles. The van der Waals surface area contributed by atoms with E-state index in [2.05, 4.69) is 0 Å². The van der Waals surface area contributed by atoms with Crippen LogP contribution in [0.5, 0.6) is 5.75 Å². The van der Waals surface area contributed by atoms with Gasteiger partial charge in [-0.25, -0.2) is 0 Å². The van der Waals surface area contributed by atoms with Crippen molar-refractivity contribution in [3.05, 3.63) is 68.5 Å². The molecular formula is C14H12ClFN2O3. The van der Waals surface area contributed by atoms with Crippen LogP contribution in [0.2, 0.25) is 5.02 Å². The van der Waals surface area contributed by atoms with Crippen molar-refractivity contribution in [1.29, 1.82) is 0 Å². The quantitative estimate of drug-likeness (QED) is 0.678. The molecule has 2 N–H and O–H groups in total. The molecule has 0 aliphatic heterocycles. The minimum Gasteiger partial charge on any atom is -0.489 e. The summed E-state index contributed by atoms with van der Waals surface area (Å²) >= 11 is 5.86. The average molecular weight is 311 g/mol. The predicted molar refractivity (Wildman–Crippen MR) is 76.7 cm³/mol. The molecule has 0 aliphatic carbocycles. The molecule has 2 rings (SSSR count). The smallest absolute Gasteiger partial charge is 0.304 e. The van der Waals surface area contributed by atoms with Gasteiger partial charge in [-0.05, 0) is 35.9 Å². The fourth-order valence-corrected chi connectivity index (χ4v) is 1.99. The maximum absolute atomic E-state index is 13.5. The largest absolute Gasteiger partial charge is 0.489 e. The second-order valence-electron chi connectivity index (χ2n) is 4.29. The molecule has 7 heteroatoms. The molecule has 5 nitrogen and oxygen atoms in total. The van der Waals surface area contributed by atoms with Crippen LogP contribution < -0.4 is 10.5 Å². The minimum absolute atomic E-state index is 0.0730. The summed E-state index contributed by atoms with van der Waals surface area (Å²) in [5.74, 6) is -0.350. The summed E-state index contributed by atoms with van der Waals surface area (Å²) in [6.45, 7) is 0.327. The number of halogens is 2. The van der Waals surface area contributed by atoms with Crippen molar-refractivity contribution in [1.82, 2.24) is 0 Å². The zero-order valence-corrected chi connectivity index (χ0v) is 11.6. The fourth-order valence-electron chi connectivity index (χ4n) is 1.80. The Morgan fingerprint density at radius 1 is 1.29 bits per heavy atom. The van der Waals surface area contributed by atoms with Gasteiger partial charge in [-0.2, -0.15) is 4.39 Å². The maximum Gasteiger partial charge on any atom is 0.304 e. The number of nitrogens with two attached hydrogens (primary N) is 1. The lowest BCUT2D eigenvalue weighted by atomic mass is 10.2. The number of nitrogens with zero attached hydrogens (tertiary/aromatic N) is 1. The monoisotopic (exact) mass is 310 g/mol. The maximum atomic E-state index is 13.5. The van der Waals surface area contributed by atoms with E-state index in [1.807, 2.05) is 0 Å². The Bertz CT molecular complexity index is 679. The number of nitro groups is 1.